The molecular weight excluding hydrogens is 364 g/mol. The van der Waals surface area contributed by atoms with Crippen LogP contribution in [0.3, 0.4) is 0 Å². The second-order valence-corrected chi connectivity index (χ2v) is 8.49. The van der Waals surface area contributed by atoms with Crippen molar-refractivity contribution in [2.75, 3.05) is 20.6 Å². The molecule has 1 aromatic carbocycles. The third kappa shape index (κ3) is 4.17. The number of benzene rings is 1. The van der Waals surface area contributed by atoms with Gasteiger partial charge in [-0.15, -0.1) is 0 Å². The van der Waals surface area contributed by atoms with Gasteiger partial charge < -0.3 is 9.72 Å². The number of pyridine rings is 1. The average Bonchev–Trinajstić information content (AvgIpc) is 3.08. The minimum absolute atomic E-state index is 0.162. The van der Waals surface area contributed by atoms with E-state index in [4.69, 9.17) is 0 Å². The lowest BCUT2D eigenvalue weighted by Crippen LogP contribution is -2.25. The van der Waals surface area contributed by atoms with E-state index in [-0.39, 0.29) is 10.8 Å². The lowest BCUT2D eigenvalue weighted by molar-refractivity contribution is 0.0953. The number of rotatable bonds is 7. The fraction of sp³-hybridized carbons (Fsp3) is 0.263. The predicted octanol–water partition coefficient (Wildman–Crippen LogP) is 1.95. The predicted molar refractivity (Wildman–Crippen MR) is 103 cm³/mol. The third-order valence-electron chi connectivity index (χ3n) is 4.27. The van der Waals surface area contributed by atoms with Crippen LogP contribution >= 0.6 is 0 Å². The van der Waals surface area contributed by atoms with Crippen LogP contribution in [-0.2, 0) is 16.4 Å². The number of aryl methyl sites for hydroxylation is 1. The van der Waals surface area contributed by atoms with Crippen LogP contribution in [0.25, 0.3) is 5.52 Å². The van der Waals surface area contributed by atoms with Gasteiger partial charge in [-0.2, -0.15) is 0 Å². The summed E-state index contributed by atoms with van der Waals surface area (Å²) in [5.74, 6) is 0.731. The fourth-order valence-electron chi connectivity index (χ4n) is 2.72. The van der Waals surface area contributed by atoms with E-state index in [2.05, 4.69) is 10.3 Å². The maximum absolute atomic E-state index is 12.2. The van der Waals surface area contributed by atoms with Crippen molar-refractivity contribution in [2.45, 2.75) is 17.7 Å². The molecule has 0 saturated carbocycles. The Labute approximate surface area is 158 Å². The van der Waals surface area contributed by atoms with Gasteiger partial charge in [-0.05, 0) is 42.8 Å². The van der Waals surface area contributed by atoms with E-state index >= 15 is 0 Å². The van der Waals surface area contributed by atoms with Gasteiger partial charge in [-0.1, -0.05) is 6.07 Å². The molecular formula is C19H22N4O3S. The summed E-state index contributed by atoms with van der Waals surface area (Å²) in [5.41, 5.74) is 1.48. The Morgan fingerprint density at radius 1 is 1.15 bits per heavy atom. The highest BCUT2D eigenvalue weighted by atomic mass is 32.2. The van der Waals surface area contributed by atoms with Crippen molar-refractivity contribution < 1.29 is 13.2 Å². The Balaban J connectivity index is 1.54. The van der Waals surface area contributed by atoms with Gasteiger partial charge in [-0.3, -0.25) is 4.79 Å². The summed E-state index contributed by atoms with van der Waals surface area (Å²) in [5, 5.41) is 2.85. The number of hydrogen-bond acceptors (Lipinski definition) is 4. The molecule has 0 unspecified atom stereocenters. The Hall–Kier alpha value is -2.71. The van der Waals surface area contributed by atoms with Crippen molar-refractivity contribution in [2.24, 2.45) is 0 Å². The minimum atomic E-state index is -3.49. The summed E-state index contributed by atoms with van der Waals surface area (Å²) in [6.45, 7) is 0.512. The molecule has 0 aliphatic heterocycles. The van der Waals surface area contributed by atoms with E-state index in [1.807, 2.05) is 35.0 Å². The Bertz CT molecular complexity index is 1040. The minimum Gasteiger partial charge on any atom is -0.352 e. The van der Waals surface area contributed by atoms with E-state index < -0.39 is 10.0 Å². The summed E-state index contributed by atoms with van der Waals surface area (Å²) in [4.78, 5) is 16.8. The first-order valence-electron chi connectivity index (χ1n) is 8.61. The molecule has 0 spiro atoms. The van der Waals surface area contributed by atoms with Crippen LogP contribution < -0.4 is 5.32 Å². The van der Waals surface area contributed by atoms with Crippen LogP contribution in [0.2, 0.25) is 0 Å². The number of carbonyl (C=O) groups is 1. The largest absolute Gasteiger partial charge is 0.352 e. The lowest BCUT2D eigenvalue weighted by Gasteiger charge is -2.11. The van der Waals surface area contributed by atoms with Gasteiger partial charge in [0.05, 0.1) is 16.6 Å². The maximum Gasteiger partial charge on any atom is 0.251 e. The smallest absolute Gasteiger partial charge is 0.251 e. The molecule has 1 N–H and O–H groups in total. The number of aromatic nitrogens is 2. The van der Waals surface area contributed by atoms with Crippen molar-refractivity contribution in [1.82, 2.24) is 19.0 Å². The molecule has 0 aliphatic rings. The molecule has 0 saturated heterocycles. The van der Waals surface area contributed by atoms with Crippen LogP contribution in [0, 0.1) is 0 Å². The Kier molecular flexibility index (Phi) is 5.57. The number of nitrogens with zero attached hydrogens (tertiary/aromatic N) is 3. The van der Waals surface area contributed by atoms with Crippen molar-refractivity contribution in [3.8, 4) is 0 Å². The van der Waals surface area contributed by atoms with E-state index in [1.54, 1.807) is 0 Å². The van der Waals surface area contributed by atoms with Gasteiger partial charge in [0.2, 0.25) is 10.0 Å². The Morgan fingerprint density at radius 2 is 1.89 bits per heavy atom. The van der Waals surface area contributed by atoms with Crippen molar-refractivity contribution in [3.63, 3.8) is 0 Å². The summed E-state index contributed by atoms with van der Waals surface area (Å²) >= 11 is 0. The second-order valence-electron chi connectivity index (χ2n) is 6.34. The van der Waals surface area contributed by atoms with Crippen LogP contribution in [0.15, 0.2) is 59.8 Å². The van der Waals surface area contributed by atoms with Gasteiger partial charge in [-0.25, -0.2) is 17.7 Å². The van der Waals surface area contributed by atoms with Crippen molar-refractivity contribution in [1.29, 1.82) is 0 Å². The molecule has 1 amide bonds. The number of nitrogens with one attached hydrogen (secondary N) is 1. The van der Waals surface area contributed by atoms with Crippen molar-refractivity contribution in [3.05, 3.63) is 66.2 Å². The molecule has 142 valence electrons. The first-order valence-corrected chi connectivity index (χ1v) is 10.1. The van der Waals surface area contributed by atoms with Gasteiger partial charge >= 0.3 is 0 Å². The molecule has 0 atom stereocenters. The highest BCUT2D eigenvalue weighted by Gasteiger charge is 2.17. The molecule has 2 heterocycles. The fourth-order valence-corrected chi connectivity index (χ4v) is 3.63. The van der Waals surface area contributed by atoms with Crippen molar-refractivity contribution >= 4 is 21.4 Å². The summed E-state index contributed by atoms with van der Waals surface area (Å²) in [6, 6.07) is 11.9. The monoisotopic (exact) mass is 386 g/mol. The van der Waals surface area contributed by atoms with Crippen LogP contribution in [-0.4, -0.2) is 48.7 Å². The summed E-state index contributed by atoms with van der Waals surface area (Å²) < 4.78 is 27.3. The van der Waals surface area contributed by atoms with Gasteiger partial charge in [0.15, 0.2) is 0 Å². The zero-order valence-electron chi connectivity index (χ0n) is 15.3. The molecule has 0 fully saturated rings. The highest BCUT2D eigenvalue weighted by molar-refractivity contribution is 7.89. The first-order chi connectivity index (χ1) is 12.9. The average molecular weight is 386 g/mol. The van der Waals surface area contributed by atoms with Crippen LogP contribution in [0.4, 0.5) is 0 Å². The number of carbonyl (C=O) groups excluding carboxylic acids is 1. The molecule has 8 heteroatoms. The third-order valence-corrected chi connectivity index (χ3v) is 6.10. The van der Waals surface area contributed by atoms with E-state index in [1.165, 1.54) is 38.4 Å². The number of imidazole rings is 1. The van der Waals surface area contributed by atoms with E-state index in [0.717, 1.165) is 28.5 Å². The van der Waals surface area contributed by atoms with Gasteiger partial charge in [0.25, 0.3) is 5.91 Å². The number of amides is 1. The quantitative estimate of drug-likeness (QED) is 0.629. The summed E-state index contributed by atoms with van der Waals surface area (Å²) in [6.07, 6.45) is 5.31. The molecule has 0 aliphatic carbocycles. The summed E-state index contributed by atoms with van der Waals surface area (Å²) in [7, 11) is -0.548. The Morgan fingerprint density at radius 3 is 2.59 bits per heavy atom. The SMILES string of the molecule is CN(C)S(=O)(=O)c1ccc(C(=O)NCCCc2ncc3ccccn23)cc1. The molecule has 0 bridgehead atoms. The molecule has 0 radical (unpaired) electrons. The number of sulfonamides is 1. The standard InChI is InChI=1S/C19H22N4O3S/c1-22(2)27(25,26)17-10-8-15(9-11-17)19(24)20-12-5-7-18-21-14-16-6-3-4-13-23(16)18/h3-4,6,8-11,13-14H,5,7,12H2,1-2H3,(H,20,24). The van der Waals surface area contributed by atoms with E-state index in [9.17, 15) is 13.2 Å². The lowest BCUT2D eigenvalue weighted by atomic mass is 10.2. The zero-order valence-corrected chi connectivity index (χ0v) is 16.1. The van der Waals surface area contributed by atoms with Gasteiger partial charge in [0, 0.05) is 38.8 Å². The van der Waals surface area contributed by atoms with Gasteiger partial charge in [0.1, 0.15) is 5.82 Å². The maximum atomic E-state index is 12.2. The highest BCUT2D eigenvalue weighted by Crippen LogP contribution is 2.14. The zero-order chi connectivity index (χ0) is 19.4. The first kappa shape index (κ1) is 19.1. The molecule has 2 aromatic heterocycles. The normalized spacial score (nSPS) is 11.8. The second kappa shape index (κ2) is 7.89. The molecule has 27 heavy (non-hydrogen) atoms. The van der Waals surface area contributed by atoms with Crippen LogP contribution in [0.1, 0.15) is 22.6 Å². The topological polar surface area (TPSA) is 83.8 Å². The molecule has 3 rings (SSSR count). The van der Waals surface area contributed by atoms with Crippen LogP contribution in [0.5, 0.6) is 0 Å². The number of fused-ring (bicyclic) bond motifs is 1. The molecule has 3 aromatic rings. The van der Waals surface area contributed by atoms with E-state index in [0.29, 0.717) is 12.1 Å². The number of hydrogen-bond donors (Lipinski definition) is 1. The molecule has 7 nitrogen and oxygen atoms in total.